The maximum Gasteiger partial charge on any atom is 0.354 e. The summed E-state index contributed by atoms with van der Waals surface area (Å²) < 4.78 is 7.25. The van der Waals surface area contributed by atoms with Crippen molar-refractivity contribution in [2.75, 3.05) is 7.11 Å². The van der Waals surface area contributed by atoms with Crippen molar-refractivity contribution in [3.63, 3.8) is 0 Å². The Kier molecular flexibility index (Phi) is 3.16. The number of rotatable bonds is 2. The van der Waals surface area contributed by atoms with E-state index >= 15 is 0 Å². The standard InChI is InChI=1S/C12H9BrN2O2/c1-17-12(16)11-6-8-2-3-9(13)7-10(8)15(11)5-4-14/h2-3,6-7H,5H2,1H3. The Balaban J connectivity index is 2.72. The number of halogens is 1. The van der Waals surface area contributed by atoms with Crippen molar-refractivity contribution in [3.8, 4) is 6.07 Å². The number of esters is 1. The molecule has 1 heterocycles. The lowest BCUT2D eigenvalue weighted by molar-refractivity contribution is 0.0590. The SMILES string of the molecule is COC(=O)c1cc2ccc(Br)cc2n1CC#N. The first-order chi connectivity index (χ1) is 8.17. The van der Waals surface area contributed by atoms with Gasteiger partial charge >= 0.3 is 5.97 Å². The lowest BCUT2D eigenvalue weighted by Crippen LogP contribution is -2.09. The van der Waals surface area contributed by atoms with Crippen LogP contribution in [0.25, 0.3) is 10.9 Å². The first-order valence-corrected chi connectivity index (χ1v) is 5.70. The van der Waals surface area contributed by atoms with Crippen molar-refractivity contribution in [2.24, 2.45) is 0 Å². The van der Waals surface area contributed by atoms with Crippen molar-refractivity contribution in [1.82, 2.24) is 4.57 Å². The van der Waals surface area contributed by atoms with Crippen molar-refractivity contribution >= 4 is 32.8 Å². The predicted octanol–water partition coefficient (Wildman–Crippen LogP) is 2.71. The van der Waals surface area contributed by atoms with Crippen LogP contribution in [-0.2, 0) is 11.3 Å². The molecule has 0 bridgehead atoms. The fourth-order valence-corrected chi connectivity index (χ4v) is 2.09. The van der Waals surface area contributed by atoms with Crippen LogP contribution in [0.3, 0.4) is 0 Å². The minimum Gasteiger partial charge on any atom is -0.464 e. The molecule has 0 amide bonds. The number of aromatic nitrogens is 1. The highest BCUT2D eigenvalue weighted by Gasteiger charge is 2.15. The van der Waals surface area contributed by atoms with Gasteiger partial charge in [-0.3, -0.25) is 0 Å². The summed E-state index contributed by atoms with van der Waals surface area (Å²) in [6.07, 6.45) is 0. The molecule has 0 unspecified atom stereocenters. The van der Waals surface area contributed by atoms with Gasteiger partial charge in [-0.2, -0.15) is 5.26 Å². The van der Waals surface area contributed by atoms with Crippen LogP contribution in [0.1, 0.15) is 10.5 Å². The van der Waals surface area contributed by atoms with Gasteiger partial charge in [0, 0.05) is 9.86 Å². The summed E-state index contributed by atoms with van der Waals surface area (Å²) >= 11 is 3.37. The number of fused-ring (bicyclic) bond motifs is 1. The fraction of sp³-hybridized carbons (Fsp3) is 0.167. The Morgan fingerprint density at radius 1 is 1.53 bits per heavy atom. The van der Waals surface area contributed by atoms with E-state index in [1.165, 1.54) is 7.11 Å². The second kappa shape index (κ2) is 4.60. The van der Waals surface area contributed by atoms with E-state index in [-0.39, 0.29) is 6.54 Å². The molecule has 86 valence electrons. The maximum atomic E-state index is 11.6. The Bertz CT molecular complexity index is 625. The Morgan fingerprint density at radius 2 is 2.29 bits per heavy atom. The summed E-state index contributed by atoms with van der Waals surface area (Å²) in [6.45, 7) is 0.115. The number of carbonyl (C=O) groups is 1. The number of nitrogens with zero attached hydrogens (tertiary/aromatic N) is 2. The lowest BCUT2D eigenvalue weighted by Gasteiger charge is -2.04. The molecule has 17 heavy (non-hydrogen) atoms. The zero-order valence-electron chi connectivity index (χ0n) is 9.11. The van der Waals surface area contributed by atoms with Crippen LogP contribution in [0.4, 0.5) is 0 Å². The lowest BCUT2D eigenvalue weighted by atomic mass is 10.2. The molecule has 0 saturated carbocycles. The summed E-state index contributed by atoms with van der Waals surface area (Å²) in [5.41, 5.74) is 1.23. The third kappa shape index (κ3) is 2.04. The molecule has 1 aromatic carbocycles. The number of hydrogen-bond donors (Lipinski definition) is 0. The molecule has 0 radical (unpaired) electrons. The van der Waals surface area contributed by atoms with E-state index in [9.17, 15) is 4.79 Å². The van der Waals surface area contributed by atoms with E-state index in [4.69, 9.17) is 10.00 Å². The van der Waals surface area contributed by atoms with Crippen LogP contribution in [0.5, 0.6) is 0 Å². The summed E-state index contributed by atoms with van der Waals surface area (Å²) in [7, 11) is 1.33. The van der Waals surface area contributed by atoms with Crippen molar-refractivity contribution in [3.05, 3.63) is 34.4 Å². The van der Waals surface area contributed by atoms with Gasteiger partial charge in [0.15, 0.2) is 0 Å². The van der Waals surface area contributed by atoms with E-state index in [2.05, 4.69) is 15.9 Å². The smallest absolute Gasteiger partial charge is 0.354 e. The number of hydrogen-bond acceptors (Lipinski definition) is 3. The normalized spacial score (nSPS) is 10.2. The summed E-state index contributed by atoms with van der Waals surface area (Å²) in [4.78, 5) is 11.6. The molecule has 0 aliphatic heterocycles. The summed E-state index contributed by atoms with van der Waals surface area (Å²) in [6, 6.07) is 9.42. The number of ether oxygens (including phenoxy) is 1. The van der Waals surface area contributed by atoms with Gasteiger partial charge in [0.05, 0.1) is 18.7 Å². The number of nitriles is 1. The van der Waals surface area contributed by atoms with Gasteiger partial charge in [-0.1, -0.05) is 22.0 Å². The largest absolute Gasteiger partial charge is 0.464 e. The molecular formula is C12H9BrN2O2. The zero-order chi connectivity index (χ0) is 12.4. The molecule has 0 N–H and O–H groups in total. The third-order valence-electron chi connectivity index (χ3n) is 2.49. The summed E-state index contributed by atoms with van der Waals surface area (Å²) in [5, 5.41) is 9.72. The van der Waals surface area contributed by atoms with E-state index in [0.29, 0.717) is 5.69 Å². The van der Waals surface area contributed by atoms with Crippen LogP contribution in [0.15, 0.2) is 28.7 Å². The van der Waals surface area contributed by atoms with E-state index in [1.54, 1.807) is 10.6 Å². The highest BCUT2D eigenvalue weighted by atomic mass is 79.9. The number of benzene rings is 1. The molecule has 0 spiro atoms. The van der Waals surface area contributed by atoms with E-state index in [1.807, 2.05) is 24.3 Å². The molecule has 4 nitrogen and oxygen atoms in total. The van der Waals surface area contributed by atoms with Crippen LogP contribution in [0, 0.1) is 11.3 Å². The average molecular weight is 293 g/mol. The number of methoxy groups -OCH3 is 1. The molecule has 0 aliphatic rings. The first kappa shape index (κ1) is 11.7. The van der Waals surface area contributed by atoms with E-state index in [0.717, 1.165) is 15.4 Å². The molecule has 5 heteroatoms. The fourth-order valence-electron chi connectivity index (χ4n) is 1.74. The minimum absolute atomic E-state index is 0.115. The van der Waals surface area contributed by atoms with Gasteiger partial charge in [0.1, 0.15) is 12.2 Å². The van der Waals surface area contributed by atoms with Crippen LogP contribution in [0.2, 0.25) is 0 Å². The van der Waals surface area contributed by atoms with Gasteiger partial charge in [0.25, 0.3) is 0 Å². The van der Waals surface area contributed by atoms with Crippen LogP contribution >= 0.6 is 15.9 Å². The topological polar surface area (TPSA) is 55.0 Å². The Morgan fingerprint density at radius 3 is 2.94 bits per heavy atom. The quantitative estimate of drug-likeness (QED) is 0.800. The van der Waals surface area contributed by atoms with Gasteiger partial charge in [0.2, 0.25) is 0 Å². The number of carbonyl (C=O) groups excluding carboxylic acids is 1. The second-order valence-electron chi connectivity index (χ2n) is 3.47. The monoisotopic (exact) mass is 292 g/mol. The maximum absolute atomic E-state index is 11.6. The van der Waals surface area contributed by atoms with Gasteiger partial charge in [-0.25, -0.2) is 4.79 Å². The molecule has 2 aromatic rings. The second-order valence-corrected chi connectivity index (χ2v) is 4.38. The van der Waals surface area contributed by atoms with Gasteiger partial charge < -0.3 is 9.30 Å². The molecule has 0 aliphatic carbocycles. The molecule has 0 saturated heterocycles. The predicted molar refractivity (Wildman–Crippen MR) is 66.6 cm³/mol. The van der Waals surface area contributed by atoms with Crippen molar-refractivity contribution in [1.29, 1.82) is 5.26 Å². The summed E-state index contributed by atoms with van der Waals surface area (Å²) in [5.74, 6) is -0.437. The third-order valence-corrected chi connectivity index (χ3v) is 2.98. The minimum atomic E-state index is -0.437. The highest BCUT2D eigenvalue weighted by Crippen LogP contribution is 2.24. The average Bonchev–Trinajstić information content (AvgIpc) is 2.67. The molecule has 1 aromatic heterocycles. The first-order valence-electron chi connectivity index (χ1n) is 4.91. The molecular weight excluding hydrogens is 284 g/mol. The van der Waals surface area contributed by atoms with E-state index < -0.39 is 5.97 Å². The highest BCUT2D eigenvalue weighted by molar-refractivity contribution is 9.10. The Labute approximate surface area is 107 Å². The molecule has 0 atom stereocenters. The van der Waals surface area contributed by atoms with Crippen molar-refractivity contribution < 1.29 is 9.53 Å². The zero-order valence-corrected chi connectivity index (χ0v) is 10.7. The van der Waals surface area contributed by atoms with Crippen LogP contribution in [-0.4, -0.2) is 17.6 Å². The molecule has 0 fully saturated rings. The van der Waals surface area contributed by atoms with Crippen molar-refractivity contribution in [2.45, 2.75) is 6.54 Å². The van der Waals surface area contributed by atoms with Crippen LogP contribution < -0.4 is 0 Å². The van der Waals surface area contributed by atoms with Gasteiger partial charge in [-0.05, 0) is 18.2 Å². The van der Waals surface area contributed by atoms with Gasteiger partial charge in [-0.15, -0.1) is 0 Å². The molecule has 2 rings (SSSR count). The Hall–Kier alpha value is -1.80.